The molecule has 2 atom stereocenters. The van der Waals surface area contributed by atoms with Gasteiger partial charge < -0.3 is 9.47 Å². The molecule has 2 aromatic rings. The molecule has 0 bridgehead atoms. The predicted molar refractivity (Wildman–Crippen MR) is 78.8 cm³/mol. The first kappa shape index (κ1) is 11.6. The molecule has 1 saturated heterocycles. The van der Waals surface area contributed by atoms with Crippen LogP contribution < -0.4 is 4.90 Å². The van der Waals surface area contributed by atoms with Crippen molar-refractivity contribution < 1.29 is 0 Å². The minimum Gasteiger partial charge on any atom is -0.339 e. The summed E-state index contributed by atoms with van der Waals surface area (Å²) in [5.74, 6) is 2.01. The second kappa shape index (κ2) is 4.14. The van der Waals surface area contributed by atoms with E-state index in [1.165, 1.54) is 31.2 Å². The maximum Gasteiger partial charge on any atom is 0.206 e. The van der Waals surface area contributed by atoms with Crippen molar-refractivity contribution in [1.29, 1.82) is 0 Å². The Kier molecular flexibility index (Phi) is 2.52. The van der Waals surface area contributed by atoms with E-state index in [4.69, 9.17) is 16.6 Å². The summed E-state index contributed by atoms with van der Waals surface area (Å²) in [7, 11) is 2.11. The molecule has 1 aliphatic heterocycles. The topological polar surface area (TPSA) is 21.1 Å². The Labute approximate surface area is 118 Å². The van der Waals surface area contributed by atoms with Crippen LogP contribution in [0.25, 0.3) is 11.0 Å². The highest BCUT2D eigenvalue weighted by molar-refractivity contribution is 6.31. The van der Waals surface area contributed by atoms with Crippen molar-refractivity contribution in [3.63, 3.8) is 0 Å². The van der Waals surface area contributed by atoms with E-state index in [1.807, 2.05) is 12.1 Å². The van der Waals surface area contributed by atoms with Gasteiger partial charge in [0.15, 0.2) is 0 Å². The van der Waals surface area contributed by atoms with Gasteiger partial charge in [0.1, 0.15) is 0 Å². The van der Waals surface area contributed by atoms with E-state index in [0.29, 0.717) is 6.04 Å². The first-order valence-electron chi connectivity index (χ1n) is 7.12. The van der Waals surface area contributed by atoms with Crippen molar-refractivity contribution in [2.24, 2.45) is 13.0 Å². The summed E-state index contributed by atoms with van der Waals surface area (Å²) in [5.41, 5.74) is 2.17. The number of fused-ring (bicyclic) bond motifs is 2. The first-order valence-corrected chi connectivity index (χ1v) is 7.50. The normalized spacial score (nSPS) is 26.3. The number of hydrogen-bond acceptors (Lipinski definition) is 2. The second-order valence-electron chi connectivity index (χ2n) is 5.84. The van der Waals surface area contributed by atoms with Gasteiger partial charge in [-0.3, -0.25) is 0 Å². The maximum absolute atomic E-state index is 6.07. The highest BCUT2D eigenvalue weighted by atomic mass is 35.5. The largest absolute Gasteiger partial charge is 0.339 e. The standard InChI is InChI=1S/C15H18ClN3/c1-18-14-6-5-11(16)9-12(14)17-15(18)19-8-7-10-3-2-4-13(10)19/h5-6,9-10,13H,2-4,7-8H2,1H3. The number of nitrogens with zero attached hydrogens (tertiary/aromatic N) is 3. The molecule has 1 aromatic heterocycles. The number of aromatic nitrogens is 2. The van der Waals surface area contributed by atoms with E-state index < -0.39 is 0 Å². The van der Waals surface area contributed by atoms with Crippen LogP contribution in [-0.2, 0) is 7.05 Å². The molecule has 100 valence electrons. The molecule has 1 saturated carbocycles. The van der Waals surface area contributed by atoms with Crippen LogP contribution >= 0.6 is 11.6 Å². The van der Waals surface area contributed by atoms with E-state index in [0.717, 1.165) is 29.0 Å². The van der Waals surface area contributed by atoms with E-state index >= 15 is 0 Å². The number of aryl methyl sites for hydroxylation is 1. The summed E-state index contributed by atoms with van der Waals surface area (Å²) in [6.07, 6.45) is 5.43. The molecule has 0 radical (unpaired) electrons. The lowest BCUT2D eigenvalue weighted by Crippen LogP contribution is -2.31. The highest BCUT2D eigenvalue weighted by Crippen LogP contribution is 2.40. The van der Waals surface area contributed by atoms with E-state index in [-0.39, 0.29) is 0 Å². The van der Waals surface area contributed by atoms with Crippen molar-refractivity contribution >= 4 is 28.6 Å². The van der Waals surface area contributed by atoms with E-state index in [2.05, 4.69) is 22.6 Å². The SMILES string of the molecule is Cn1c(N2CCC3CCCC32)nc2cc(Cl)ccc21. The predicted octanol–water partition coefficient (Wildman–Crippen LogP) is 3.61. The van der Waals surface area contributed by atoms with Crippen LogP contribution in [0.2, 0.25) is 5.02 Å². The third-order valence-corrected chi connectivity index (χ3v) is 5.07. The fraction of sp³-hybridized carbons (Fsp3) is 0.533. The fourth-order valence-corrected chi connectivity index (χ4v) is 4.07. The number of anilines is 1. The Hall–Kier alpha value is -1.22. The van der Waals surface area contributed by atoms with Gasteiger partial charge in [0, 0.05) is 24.7 Å². The van der Waals surface area contributed by atoms with Crippen LogP contribution in [0.1, 0.15) is 25.7 Å². The zero-order valence-corrected chi connectivity index (χ0v) is 11.9. The maximum atomic E-state index is 6.07. The third kappa shape index (κ3) is 1.68. The first-order chi connectivity index (χ1) is 9.24. The molecule has 1 aromatic carbocycles. The van der Waals surface area contributed by atoms with Crippen LogP contribution in [0.5, 0.6) is 0 Å². The zero-order chi connectivity index (χ0) is 13.0. The van der Waals surface area contributed by atoms with E-state index in [9.17, 15) is 0 Å². The van der Waals surface area contributed by atoms with Gasteiger partial charge in [0.05, 0.1) is 11.0 Å². The van der Waals surface area contributed by atoms with Gasteiger partial charge in [-0.05, 0) is 43.4 Å². The molecule has 4 heteroatoms. The molecule has 4 rings (SSSR count). The average molecular weight is 276 g/mol. The Morgan fingerprint density at radius 1 is 1.26 bits per heavy atom. The molecule has 2 aliphatic rings. The summed E-state index contributed by atoms with van der Waals surface area (Å²) in [4.78, 5) is 7.34. The van der Waals surface area contributed by atoms with Crippen molar-refractivity contribution in [1.82, 2.24) is 9.55 Å². The summed E-state index contributed by atoms with van der Waals surface area (Å²) in [6.45, 7) is 1.15. The summed E-state index contributed by atoms with van der Waals surface area (Å²) in [5, 5.41) is 0.761. The van der Waals surface area contributed by atoms with Gasteiger partial charge in [-0.15, -0.1) is 0 Å². The van der Waals surface area contributed by atoms with Gasteiger partial charge in [-0.2, -0.15) is 0 Å². The lowest BCUT2D eigenvalue weighted by atomic mass is 10.1. The molecule has 3 nitrogen and oxygen atoms in total. The van der Waals surface area contributed by atoms with Crippen LogP contribution in [-0.4, -0.2) is 22.1 Å². The number of rotatable bonds is 1. The summed E-state index contributed by atoms with van der Waals surface area (Å²) < 4.78 is 2.21. The van der Waals surface area contributed by atoms with Gasteiger partial charge in [-0.1, -0.05) is 18.0 Å². The Morgan fingerprint density at radius 2 is 2.16 bits per heavy atom. The summed E-state index contributed by atoms with van der Waals surface area (Å²) >= 11 is 6.07. The number of halogens is 1. The van der Waals surface area contributed by atoms with Crippen molar-refractivity contribution in [2.45, 2.75) is 31.7 Å². The number of hydrogen-bond donors (Lipinski definition) is 0. The molecule has 0 spiro atoms. The van der Waals surface area contributed by atoms with Crippen molar-refractivity contribution in [2.75, 3.05) is 11.4 Å². The Morgan fingerprint density at radius 3 is 3.05 bits per heavy atom. The van der Waals surface area contributed by atoms with Crippen LogP contribution in [0, 0.1) is 5.92 Å². The monoisotopic (exact) mass is 275 g/mol. The minimum absolute atomic E-state index is 0.714. The number of imidazole rings is 1. The lowest BCUT2D eigenvalue weighted by molar-refractivity contribution is 0.537. The molecule has 0 N–H and O–H groups in total. The van der Waals surface area contributed by atoms with Gasteiger partial charge in [0.25, 0.3) is 0 Å². The Balaban J connectivity index is 1.80. The molecule has 19 heavy (non-hydrogen) atoms. The average Bonchev–Trinajstić information content (AvgIpc) is 3.04. The molecule has 2 fully saturated rings. The smallest absolute Gasteiger partial charge is 0.206 e. The quantitative estimate of drug-likeness (QED) is 0.793. The van der Waals surface area contributed by atoms with Gasteiger partial charge >= 0.3 is 0 Å². The molecular weight excluding hydrogens is 258 g/mol. The van der Waals surface area contributed by atoms with Crippen LogP contribution in [0.3, 0.4) is 0 Å². The highest BCUT2D eigenvalue weighted by Gasteiger charge is 2.39. The lowest BCUT2D eigenvalue weighted by Gasteiger charge is -2.24. The fourth-order valence-electron chi connectivity index (χ4n) is 3.90. The molecule has 2 heterocycles. The van der Waals surface area contributed by atoms with Crippen molar-refractivity contribution in [3.05, 3.63) is 23.2 Å². The molecule has 0 amide bonds. The molecular formula is C15H18ClN3. The van der Waals surface area contributed by atoms with Crippen LogP contribution in [0.15, 0.2) is 18.2 Å². The van der Waals surface area contributed by atoms with Crippen molar-refractivity contribution in [3.8, 4) is 0 Å². The van der Waals surface area contributed by atoms with Gasteiger partial charge in [0.2, 0.25) is 5.95 Å². The zero-order valence-electron chi connectivity index (χ0n) is 11.1. The third-order valence-electron chi connectivity index (χ3n) is 4.84. The number of benzene rings is 1. The Bertz CT molecular complexity index is 634. The van der Waals surface area contributed by atoms with Gasteiger partial charge in [-0.25, -0.2) is 4.98 Å². The second-order valence-corrected chi connectivity index (χ2v) is 6.28. The molecule has 1 aliphatic carbocycles. The van der Waals surface area contributed by atoms with Crippen LogP contribution in [0.4, 0.5) is 5.95 Å². The molecule has 2 unspecified atom stereocenters. The van der Waals surface area contributed by atoms with E-state index in [1.54, 1.807) is 0 Å². The summed E-state index contributed by atoms with van der Waals surface area (Å²) in [6, 6.07) is 6.68. The minimum atomic E-state index is 0.714.